The minimum Gasteiger partial charge on any atom is -0.480 e. The zero-order valence-corrected chi connectivity index (χ0v) is 20.4. The Labute approximate surface area is 205 Å². The number of carboxylic acid groups (broad SMARTS) is 1. The second-order valence-electron chi connectivity index (χ2n) is 10.7. The maximum Gasteiger partial charge on any atom is 0.407 e. The average molecular weight is 477 g/mol. The third kappa shape index (κ3) is 3.97. The van der Waals surface area contributed by atoms with E-state index in [9.17, 15) is 19.5 Å². The van der Waals surface area contributed by atoms with Crippen LogP contribution in [0.2, 0.25) is 0 Å². The van der Waals surface area contributed by atoms with Crippen molar-refractivity contribution in [1.29, 1.82) is 0 Å². The van der Waals surface area contributed by atoms with Gasteiger partial charge in [0, 0.05) is 24.9 Å². The summed E-state index contributed by atoms with van der Waals surface area (Å²) < 4.78 is 5.69. The standard InChI is InChI=1S/C28H32N2O5/c1-28(2,26(32)33)30(3)25(31)17-12-16-14-24(22(16)13-17)29-27(34)35-15-23-20-10-6-4-8-18(20)19-9-5-7-11-21(19)23/h4-11,16-17,22-24H,12-15H2,1-3H3,(H,29,34)(H,32,33)/t16-,17?,22-,24+/m0/s1. The van der Waals surface area contributed by atoms with Gasteiger partial charge in [0.25, 0.3) is 0 Å². The smallest absolute Gasteiger partial charge is 0.407 e. The number of nitrogens with zero attached hydrogens (tertiary/aromatic N) is 1. The summed E-state index contributed by atoms with van der Waals surface area (Å²) in [5, 5.41) is 12.5. The van der Waals surface area contributed by atoms with E-state index in [1.807, 2.05) is 24.3 Å². The van der Waals surface area contributed by atoms with Crippen molar-refractivity contribution in [2.24, 2.45) is 17.8 Å². The molecular weight excluding hydrogens is 444 g/mol. The van der Waals surface area contributed by atoms with Gasteiger partial charge in [-0.1, -0.05) is 48.5 Å². The zero-order valence-electron chi connectivity index (χ0n) is 20.4. The Morgan fingerprint density at radius 1 is 1.00 bits per heavy atom. The number of amides is 2. The molecule has 2 aromatic carbocycles. The number of alkyl carbamates (subject to hydrolysis) is 1. The number of ether oxygens (including phenoxy) is 1. The average Bonchev–Trinajstić information content (AvgIpc) is 3.35. The van der Waals surface area contributed by atoms with Crippen molar-refractivity contribution in [2.75, 3.05) is 13.7 Å². The lowest BCUT2D eigenvalue weighted by Crippen LogP contribution is -2.52. The van der Waals surface area contributed by atoms with E-state index in [-0.39, 0.29) is 36.3 Å². The number of carboxylic acids is 1. The van der Waals surface area contributed by atoms with E-state index in [1.165, 1.54) is 41.0 Å². The summed E-state index contributed by atoms with van der Waals surface area (Å²) in [4.78, 5) is 38.5. The highest BCUT2D eigenvalue weighted by Crippen LogP contribution is 2.50. The predicted octanol–water partition coefficient (Wildman–Crippen LogP) is 4.26. The number of fused-ring (bicyclic) bond motifs is 4. The van der Waals surface area contributed by atoms with Crippen LogP contribution in [0.1, 0.15) is 50.2 Å². The second kappa shape index (κ2) is 8.70. The molecule has 0 bridgehead atoms. The maximum absolute atomic E-state index is 12.9. The molecule has 2 aromatic rings. The lowest BCUT2D eigenvalue weighted by Gasteiger charge is -2.40. The minimum absolute atomic E-state index is 0.00811. The van der Waals surface area contributed by atoms with Crippen molar-refractivity contribution in [3.63, 3.8) is 0 Å². The molecule has 7 heteroatoms. The van der Waals surface area contributed by atoms with Crippen molar-refractivity contribution in [3.8, 4) is 11.1 Å². The van der Waals surface area contributed by atoms with Crippen LogP contribution in [0.15, 0.2) is 48.5 Å². The van der Waals surface area contributed by atoms with E-state index in [1.54, 1.807) is 7.05 Å². The Hall–Kier alpha value is -3.35. The van der Waals surface area contributed by atoms with Gasteiger partial charge in [-0.2, -0.15) is 0 Å². The zero-order chi connectivity index (χ0) is 24.9. The molecule has 0 radical (unpaired) electrons. The quantitative estimate of drug-likeness (QED) is 0.650. The number of hydrogen-bond donors (Lipinski definition) is 2. The Morgan fingerprint density at radius 2 is 1.60 bits per heavy atom. The van der Waals surface area contributed by atoms with Gasteiger partial charge in [-0.05, 0) is 67.2 Å². The fourth-order valence-electron chi connectivity index (χ4n) is 6.08. The van der Waals surface area contributed by atoms with Gasteiger partial charge in [-0.25, -0.2) is 9.59 Å². The molecule has 0 aliphatic heterocycles. The molecule has 3 aliphatic carbocycles. The predicted molar refractivity (Wildman–Crippen MR) is 131 cm³/mol. The van der Waals surface area contributed by atoms with Crippen LogP contribution >= 0.6 is 0 Å². The molecule has 2 amide bonds. The Kier molecular flexibility index (Phi) is 5.82. The largest absolute Gasteiger partial charge is 0.480 e. The lowest BCUT2D eigenvalue weighted by atomic mass is 9.71. The highest BCUT2D eigenvalue weighted by atomic mass is 16.5. The minimum atomic E-state index is -1.25. The Balaban J connectivity index is 1.16. The monoisotopic (exact) mass is 476 g/mol. The van der Waals surface area contributed by atoms with Gasteiger partial charge in [-0.15, -0.1) is 0 Å². The summed E-state index contributed by atoms with van der Waals surface area (Å²) in [5.74, 6) is -0.738. The normalized spacial score (nSPS) is 24.5. The third-order valence-electron chi connectivity index (χ3n) is 8.51. The molecule has 35 heavy (non-hydrogen) atoms. The summed E-state index contributed by atoms with van der Waals surface area (Å²) in [5.41, 5.74) is 3.48. The number of nitrogens with one attached hydrogen (secondary N) is 1. The van der Waals surface area contributed by atoms with Crippen molar-refractivity contribution < 1.29 is 24.2 Å². The molecule has 2 fully saturated rings. The van der Waals surface area contributed by atoms with Crippen molar-refractivity contribution in [2.45, 2.75) is 50.6 Å². The van der Waals surface area contributed by atoms with E-state index >= 15 is 0 Å². The van der Waals surface area contributed by atoms with Gasteiger partial charge >= 0.3 is 12.1 Å². The molecule has 4 atom stereocenters. The fourth-order valence-corrected chi connectivity index (χ4v) is 6.08. The molecular formula is C28H32N2O5. The number of likely N-dealkylation sites (N-methyl/N-ethyl adjacent to an activating group) is 1. The van der Waals surface area contributed by atoms with Crippen LogP contribution in [-0.2, 0) is 14.3 Å². The van der Waals surface area contributed by atoms with Crippen LogP contribution < -0.4 is 5.32 Å². The van der Waals surface area contributed by atoms with Crippen LogP contribution in [0.5, 0.6) is 0 Å². The summed E-state index contributed by atoms with van der Waals surface area (Å²) in [6.45, 7) is 3.35. The van der Waals surface area contributed by atoms with Gasteiger partial charge in [0.05, 0.1) is 0 Å². The first-order chi connectivity index (χ1) is 16.7. The van der Waals surface area contributed by atoms with E-state index in [0.29, 0.717) is 12.3 Å². The summed E-state index contributed by atoms with van der Waals surface area (Å²) in [6.07, 6.45) is 1.81. The maximum atomic E-state index is 12.9. The Morgan fingerprint density at radius 3 is 2.20 bits per heavy atom. The molecule has 1 unspecified atom stereocenters. The molecule has 5 rings (SSSR count). The second-order valence-corrected chi connectivity index (χ2v) is 10.7. The van der Waals surface area contributed by atoms with Crippen LogP contribution in [-0.4, -0.2) is 53.2 Å². The lowest BCUT2D eigenvalue weighted by molar-refractivity contribution is -0.157. The Bertz CT molecular complexity index is 1130. The van der Waals surface area contributed by atoms with Crippen molar-refractivity contribution in [3.05, 3.63) is 59.7 Å². The molecule has 0 aromatic heterocycles. The number of hydrogen-bond acceptors (Lipinski definition) is 4. The van der Waals surface area contributed by atoms with Gasteiger partial charge in [0.15, 0.2) is 0 Å². The first-order valence-electron chi connectivity index (χ1n) is 12.3. The van der Waals surface area contributed by atoms with Crippen molar-refractivity contribution >= 4 is 18.0 Å². The summed E-state index contributed by atoms with van der Waals surface area (Å²) >= 11 is 0. The van der Waals surface area contributed by atoms with Gasteiger partial charge in [0.1, 0.15) is 12.1 Å². The first-order valence-corrected chi connectivity index (χ1v) is 12.3. The number of carbonyl (C=O) groups is 3. The number of rotatable bonds is 6. The highest BCUT2D eigenvalue weighted by molar-refractivity contribution is 5.87. The summed E-state index contributed by atoms with van der Waals surface area (Å²) in [7, 11) is 1.56. The highest BCUT2D eigenvalue weighted by Gasteiger charge is 2.51. The van der Waals surface area contributed by atoms with Crippen LogP contribution in [0.4, 0.5) is 4.79 Å². The van der Waals surface area contributed by atoms with Crippen LogP contribution in [0.25, 0.3) is 11.1 Å². The molecule has 184 valence electrons. The van der Waals surface area contributed by atoms with Crippen LogP contribution in [0.3, 0.4) is 0 Å². The molecule has 7 nitrogen and oxygen atoms in total. The molecule has 2 saturated carbocycles. The molecule has 0 spiro atoms. The number of carbonyl (C=O) groups excluding carboxylic acids is 2. The van der Waals surface area contributed by atoms with Crippen LogP contribution in [0, 0.1) is 17.8 Å². The van der Waals surface area contributed by atoms with Gasteiger partial charge < -0.3 is 20.1 Å². The summed E-state index contributed by atoms with van der Waals surface area (Å²) in [6, 6.07) is 16.5. The van der Waals surface area contributed by atoms with Crippen molar-refractivity contribution in [1.82, 2.24) is 10.2 Å². The van der Waals surface area contributed by atoms with Gasteiger partial charge in [0.2, 0.25) is 5.91 Å². The number of aliphatic carboxylic acids is 1. The number of benzene rings is 2. The molecule has 2 N–H and O–H groups in total. The van der Waals surface area contributed by atoms with E-state index in [4.69, 9.17) is 4.74 Å². The van der Waals surface area contributed by atoms with E-state index in [0.717, 1.165) is 12.8 Å². The third-order valence-corrected chi connectivity index (χ3v) is 8.51. The first kappa shape index (κ1) is 23.4. The molecule has 3 aliphatic rings. The van der Waals surface area contributed by atoms with E-state index in [2.05, 4.69) is 29.6 Å². The van der Waals surface area contributed by atoms with E-state index < -0.39 is 17.6 Å². The topological polar surface area (TPSA) is 95.9 Å². The van der Waals surface area contributed by atoms with Gasteiger partial charge in [-0.3, -0.25) is 4.79 Å². The molecule has 0 saturated heterocycles. The fraction of sp³-hybridized carbons (Fsp3) is 0.464. The SMILES string of the molecule is CN(C(=O)C1C[C@H]2C[C@@H](NC(=O)OCC3c4ccccc4-c4ccccc43)[C@H]2C1)C(C)(C)C(=O)O. The molecule has 0 heterocycles.